The van der Waals surface area contributed by atoms with Gasteiger partial charge in [0.2, 0.25) is 0 Å². The Morgan fingerprint density at radius 1 is 0.545 bits per heavy atom. The van der Waals surface area contributed by atoms with Crippen LogP contribution in [0.4, 0.5) is 80.6 Å². The number of carbonyl (C=O) groups is 4. The first-order valence-corrected chi connectivity index (χ1v) is 28.3. The molecule has 0 fully saturated rings. The Bertz CT molecular complexity index is 4190. The van der Waals surface area contributed by atoms with Crippen molar-refractivity contribution in [3.05, 3.63) is 249 Å². The number of carbonyl (C=O) groups excluding carboxylic acids is 4. The number of esters is 1. The van der Waals surface area contributed by atoms with Crippen molar-refractivity contribution in [2.75, 3.05) is 29.1 Å². The number of nitrogens with zero attached hydrogens (tertiary/aromatic N) is 2. The van der Waals surface area contributed by atoms with E-state index in [1.54, 1.807) is 79.9 Å². The molecule has 0 aliphatic carbocycles. The van der Waals surface area contributed by atoms with Gasteiger partial charge in [0.1, 0.15) is 51.8 Å². The third-order valence-corrected chi connectivity index (χ3v) is 12.1. The van der Waals surface area contributed by atoms with E-state index in [-0.39, 0.29) is 71.1 Å². The lowest BCUT2D eigenvalue weighted by atomic mass is 9.40. The van der Waals surface area contributed by atoms with E-state index in [9.17, 15) is 67.5 Å². The van der Waals surface area contributed by atoms with Gasteiger partial charge in [0.15, 0.2) is 0 Å². The van der Waals surface area contributed by atoms with Crippen LogP contribution in [-0.4, -0.2) is 93.8 Å². The van der Waals surface area contributed by atoms with Crippen LogP contribution >= 0.6 is 46.4 Å². The van der Waals surface area contributed by atoms with Gasteiger partial charge in [-0.2, -0.15) is 39.5 Å². The minimum absolute atomic E-state index is 0. The van der Waals surface area contributed by atoms with Gasteiger partial charge in [0, 0.05) is 130 Å². The molecular weight excluding hydrogens is 1400 g/mol. The highest BCUT2D eigenvalue weighted by molar-refractivity contribution is 7.17. The first kappa shape index (κ1) is 80.2. The molecule has 2 aromatic heterocycles. The van der Waals surface area contributed by atoms with E-state index in [1.807, 2.05) is 11.4 Å². The van der Waals surface area contributed by atoms with E-state index in [2.05, 4.69) is 56.3 Å². The lowest BCUT2D eigenvalue weighted by Gasteiger charge is -2.13. The van der Waals surface area contributed by atoms with Gasteiger partial charge in [0.05, 0.1) is 49.6 Å². The van der Waals surface area contributed by atoms with Crippen LogP contribution < -0.4 is 46.4 Å². The van der Waals surface area contributed by atoms with Crippen molar-refractivity contribution in [2.24, 2.45) is 0 Å². The smallest absolute Gasteiger partial charge is 0.417 e. The molecule has 0 bridgehead atoms. The quantitative estimate of drug-likeness (QED) is 0.0204. The predicted octanol–water partition coefficient (Wildman–Crippen LogP) is 15.8. The van der Waals surface area contributed by atoms with E-state index in [0.29, 0.717) is 23.3 Å². The summed E-state index contributed by atoms with van der Waals surface area (Å²) in [6, 6.07) is 39.1. The molecule has 99 heavy (non-hydrogen) atoms. The average Bonchev–Trinajstić information content (AvgIpc) is 0.842. The van der Waals surface area contributed by atoms with E-state index in [4.69, 9.17) is 76.2 Å². The highest BCUT2D eigenvalue weighted by Crippen LogP contribution is 2.38. The van der Waals surface area contributed by atoms with Crippen LogP contribution in [0, 0.1) is 18.6 Å². The van der Waals surface area contributed by atoms with E-state index >= 15 is 0 Å². The monoisotopic (exact) mass is 1450 g/mol. The first-order chi connectivity index (χ1) is 47.2. The Kier molecular flexibility index (Phi) is 34.4. The van der Waals surface area contributed by atoms with Crippen LogP contribution in [0.5, 0.6) is 34.5 Å². The molecule has 0 aliphatic rings. The van der Waals surface area contributed by atoms with Gasteiger partial charge < -0.3 is 46.4 Å². The highest BCUT2D eigenvalue weighted by atomic mass is 35.5. The van der Waals surface area contributed by atoms with Gasteiger partial charge in [0.25, 0.3) is 5.91 Å². The molecule has 15 nitrogen and oxygen atoms in total. The number of nitrogens with two attached hydrogens (primary N) is 2. The van der Waals surface area contributed by atoms with Gasteiger partial charge in [-0.15, -0.1) is 0 Å². The van der Waals surface area contributed by atoms with Gasteiger partial charge in [-0.25, -0.2) is 18.4 Å². The molecule has 37 heteroatoms. The molecule has 3 amide bonds. The third-order valence-electron chi connectivity index (χ3n) is 11.0. The number of rotatable bonds is 11. The minimum Gasteiger partial charge on any atom is -0.457 e. The topological polar surface area (TPSA) is 219 Å². The average molecular weight is 1450 g/mol. The van der Waals surface area contributed by atoms with Crippen LogP contribution in [0.15, 0.2) is 188 Å². The summed E-state index contributed by atoms with van der Waals surface area (Å²) in [4.78, 5) is 53.4. The zero-order chi connectivity index (χ0) is 75.8. The number of para-hydroxylation sites is 2. The Morgan fingerprint density at radius 2 is 1.01 bits per heavy atom. The Hall–Kier alpha value is -9.44. The Morgan fingerprint density at radius 3 is 1.51 bits per heavy atom. The maximum Gasteiger partial charge on any atom is 0.417 e. The van der Waals surface area contributed by atoms with Crippen molar-refractivity contribution >= 4 is 146 Å². The molecule has 9 aromatic rings. The van der Waals surface area contributed by atoms with Crippen LogP contribution in [0.3, 0.4) is 0 Å². The summed E-state index contributed by atoms with van der Waals surface area (Å²) in [6.45, 7) is -0.840. The van der Waals surface area contributed by atoms with Crippen LogP contribution in [0.2, 0.25) is 15.1 Å². The van der Waals surface area contributed by atoms with Crippen LogP contribution in [0.25, 0.3) is 0 Å². The number of ether oxygens (including phenoxy) is 4. The van der Waals surface area contributed by atoms with Gasteiger partial charge >= 0.3 is 36.0 Å². The summed E-state index contributed by atoms with van der Waals surface area (Å²) in [5.41, 5.74) is 7.22. The Balaban J connectivity index is 0.000000442. The van der Waals surface area contributed by atoms with E-state index in [0.717, 1.165) is 62.3 Å². The number of anilines is 4. The number of halogens is 15. The Labute approximate surface area is 593 Å². The number of alkyl halides is 9. The number of nitrogen functional groups attached to an aromatic ring is 2. The van der Waals surface area contributed by atoms with Gasteiger partial charge in [-0.1, -0.05) is 77.3 Å². The summed E-state index contributed by atoms with van der Waals surface area (Å²) >= 11 is 21.3. The molecule has 0 atom stereocenters. The molecule has 0 saturated carbocycles. The number of nitrogens with one attached hydrogen (secondary N) is 3. The molecule has 13 radical (unpaired) electrons. The molecule has 0 unspecified atom stereocenters. The molecule has 503 valence electrons. The fourth-order valence-electron chi connectivity index (χ4n) is 6.92. The summed E-state index contributed by atoms with van der Waals surface area (Å²) < 4.78 is 182. The third kappa shape index (κ3) is 32.2. The minimum atomic E-state index is -4.68. The van der Waals surface area contributed by atoms with Crippen LogP contribution in [-0.2, 0) is 29.7 Å². The summed E-state index contributed by atoms with van der Waals surface area (Å²) in [6.07, 6.45) is -11.1. The van der Waals surface area contributed by atoms with Crippen molar-refractivity contribution in [3.63, 3.8) is 0 Å². The largest absolute Gasteiger partial charge is 0.457 e. The number of aryl methyl sites for hydroxylation is 1. The predicted molar refractivity (Wildman–Crippen MR) is 365 cm³/mol. The SMILES string of the molecule is Cc1cc(Oc2ccc(NC(=O)Nc3ccc(Cl)c(C(F)(F)F)c3)c(F)c2)ccn1.Nc1ccc(Cl)c(C(F)(F)F)c1.O=C(Cc1ccc(Cl)c(C(F)(F)F)c1)Oc1ccccc1.O=C(Cl)Oc1ccccc1.[2H]C([2H])([2H])NC(=O)c1cc(Oc2ccc(N)c(F)c2)ccn1.[B].[B][B][B].[B][B][B]. The lowest BCUT2D eigenvalue weighted by molar-refractivity contribution is -0.138. The first-order valence-electron chi connectivity index (χ1n) is 28.3. The summed E-state index contributed by atoms with van der Waals surface area (Å²) in [5.74, 6) is -1.09. The second-order valence-electron chi connectivity index (χ2n) is 18.3. The number of hydrogen-bond donors (Lipinski definition) is 5. The summed E-state index contributed by atoms with van der Waals surface area (Å²) in [7, 11) is 20.0. The van der Waals surface area contributed by atoms with Crippen molar-refractivity contribution in [2.45, 2.75) is 31.9 Å². The maximum atomic E-state index is 14.3. The standard InChI is InChI=1S/C20H14ClF4N3O2.C15H10ClF3O2.C13H12FN3O2.C7H5ClF3N.C7H5ClO2.2B3.B/c1-11-8-14(6-7-26-11)30-13-3-5-18(17(22)10-13)28-19(29)27-12-2-4-16(21)15(9-12)20(23,24)25;16-13-7-6-10(8-12(13)15(17,18)19)9-14(20)21-11-4-2-1-3-5-11;1-16-13(18)12-7-9(4-5-17-12)19-8-2-3-11(15)10(14)6-8;8-6-2-1-4(12)3-5(6)7(9,10)11;8-7(9)10-6-4-2-1-3-5-6;2*1-3-2;/h2-10H,1H3,(H2,27,28,29);1-8H,9H2;2-7H,15H2,1H3,(H,16,18);1-3H,12H2;1-5H;;;/i;;1D3;;;;;. The molecular formula is C62H46B7Cl4F11N7O8. The normalized spacial score (nSPS) is 10.8. The second kappa shape index (κ2) is 42.4. The maximum absolute atomic E-state index is 14.3. The molecule has 0 aliphatic heterocycles. The number of aromatic nitrogens is 2. The van der Waals surface area contributed by atoms with Crippen molar-refractivity contribution in [1.82, 2.24) is 15.3 Å². The molecule has 0 saturated heterocycles. The second-order valence-corrected chi connectivity index (χ2v) is 19.8. The van der Waals surface area contributed by atoms with Crippen molar-refractivity contribution in [1.29, 1.82) is 0 Å². The zero-order valence-corrected chi connectivity index (χ0v) is 53.7. The molecule has 2 heterocycles. The molecule has 9 rings (SSSR count). The number of pyridine rings is 2. The molecule has 7 N–H and O–H groups in total. The van der Waals surface area contributed by atoms with Gasteiger partial charge in [-0.3, -0.25) is 19.6 Å². The highest BCUT2D eigenvalue weighted by Gasteiger charge is 2.35. The van der Waals surface area contributed by atoms with Gasteiger partial charge in [-0.05, 0) is 122 Å². The summed E-state index contributed by atoms with van der Waals surface area (Å²) in [5, 5.41) is 5.00. The molecule has 0 spiro atoms. The number of urea groups is 1. The fraction of sp³-hybridized carbons (Fsp3) is 0.0968. The zero-order valence-electron chi connectivity index (χ0n) is 53.6. The van der Waals surface area contributed by atoms with E-state index in [1.165, 1.54) is 60.8 Å². The molecule has 7 aromatic carbocycles. The van der Waals surface area contributed by atoms with Crippen molar-refractivity contribution in [3.8, 4) is 34.5 Å². The van der Waals surface area contributed by atoms with Crippen molar-refractivity contribution < 1.29 is 90.5 Å². The number of amides is 3. The van der Waals surface area contributed by atoms with E-state index < -0.39 is 87.2 Å². The van der Waals surface area contributed by atoms with Crippen LogP contribution in [0.1, 0.15) is 42.5 Å². The lowest BCUT2D eigenvalue weighted by Crippen LogP contribution is -2.20. The number of hydrogen-bond acceptors (Lipinski definition) is 12. The fourth-order valence-corrected chi connectivity index (χ4v) is 7.68. The number of benzene rings is 7.